The van der Waals surface area contributed by atoms with Crippen LogP contribution in [0, 0.1) is 5.41 Å². The van der Waals surface area contributed by atoms with Crippen molar-refractivity contribution in [3.8, 4) is 0 Å². The van der Waals surface area contributed by atoms with Gasteiger partial charge >= 0.3 is 12.1 Å². The summed E-state index contributed by atoms with van der Waals surface area (Å²) in [6, 6.07) is 6.62. The van der Waals surface area contributed by atoms with E-state index >= 15 is 0 Å². The van der Waals surface area contributed by atoms with Crippen LogP contribution in [0.1, 0.15) is 19.3 Å². The minimum Gasteiger partial charge on any atom is -0.475 e. The van der Waals surface area contributed by atoms with Gasteiger partial charge < -0.3 is 20.2 Å². The van der Waals surface area contributed by atoms with Gasteiger partial charge in [0, 0.05) is 29.6 Å². The van der Waals surface area contributed by atoms with Crippen molar-refractivity contribution in [2.75, 3.05) is 18.0 Å². The topological polar surface area (TPSA) is 92.6 Å². The molecule has 1 saturated heterocycles. The summed E-state index contributed by atoms with van der Waals surface area (Å²) >= 11 is 5.96. The molecule has 142 valence electrons. The van der Waals surface area contributed by atoms with Crippen LogP contribution in [0.4, 0.5) is 19.2 Å². The number of halogens is 4. The van der Waals surface area contributed by atoms with Crippen LogP contribution in [-0.2, 0) is 4.79 Å². The lowest BCUT2D eigenvalue weighted by Crippen LogP contribution is -2.55. The first-order valence-corrected chi connectivity index (χ1v) is 8.33. The maximum atomic E-state index is 10.6. The number of hydrogen-bond acceptors (Lipinski definition) is 5. The average molecular weight is 392 g/mol. The molecule has 2 fully saturated rings. The van der Waals surface area contributed by atoms with E-state index in [1.54, 1.807) is 0 Å². The Hall–Kier alpha value is -2.00. The molecule has 0 bridgehead atoms. The van der Waals surface area contributed by atoms with Gasteiger partial charge in [0.25, 0.3) is 6.01 Å². The quantitative estimate of drug-likeness (QED) is 0.773. The summed E-state index contributed by atoms with van der Waals surface area (Å²) in [4.78, 5) is 15.6. The van der Waals surface area contributed by atoms with Gasteiger partial charge in [0.05, 0.1) is 0 Å². The first-order chi connectivity index (χ1) is 12.1. The first kappa shape index (κ1) is 18.8. The summed E-state index contributed by atoms with van der Waals surface area (Å²) in [5.74, 6) is -2.76. The molecule has 0 radical (unpaired) electrons. The Bertz CT molecular complexity index is 818. The number of oxazole rings is 1. The molecule has 1 aromatic carbocycles. The van der Waals surface area contributed by atoms with Gasteiger partial charge in [-0.1, -0.05) is 11.6 Å². The van der Waals surface area contributed by atoms with Crippen LogP contribution in [0.15, 0.2) is 22.6 Å². The number of fused-ring (bicyclic) bond motifs is 1. The fourth-order valence-electron chi connectivity index (χ4n) is 3.46. The number of carbonyl (C=O) groups is 1. The fourth-order valence-corrected chi connectivity index (χ4v) is 3.63. The zero-order valence-corrected chi connectivity index (χ0v) is 14.3. The van der Waals surface area contributed by atoms with Gasteiger partial charge in [-0.25, -0.2) is 4.79 Å². The summed E-state index contributed by atoms with van der Waals surface area (Å²) in [6.45, 7) is 2.03. The molecule has 3 N–H and O–H groups in total. The highest BCUT2D eigenvalue weighted by Crippen LogP contribution is 2.46. The van der Waals surface area contributed by atoms with Crippen molar-refractivity contribution in [2.45, 2.75) is 31.5 Å². The highest BCUT2D eigenvalue weighted by atomic mass is 35.5. The maximum Gasteiger partial charge on any atom is 0.490 e. The normalized spacial score (nSPS) is 21.4. The number of carboxylic acids is 1. The van der Waals surface area contributed by atoms with Crippen LogP contribution in [0.3, 0.4) is 0 Å². The number of aromatic nitrogens is 1. The third-order valence-corrected chi connectivity index (χ3v) is 4.88. The minimum atomic E-state index is -5.08. The number of nitrogens with zero attached hydrogens (tertiary/aromatic N) is 2. The first-order valence-electron chi connectivity index (χ1n) is 7.95. The average Bonchev–Trinajstić information content (AvgIpc) is 3.08. The third-order valence-electron chi connectivity index (χ3n) is 4.64. The van der Waals surface area contributed by atoms with E-state index in [0.29, 0.717) is 22.5 Å². The summed E-state index contributed by atoms with van der Waals surface area (Å²) in [5, 5.41) is 7.81. The van der Waals surface area contributed by atoms with E-state index in [4.69, 9.17) is 31.7 Å². The molecule has 2 aromatic rings. The van der Waals surface area contributed by atoms with E-state index in [2.05, 4.69) is 9.88 Å². The van der Waals surface area contributed by atoms with E-state index < -0.39 is 12.1 Å². The van der Waals surface area contributed by atoms with Crippen LogP contribution in [-0.4, -0.2) is 41.4 Å². The Morgan fingerprint density at radius 1 is 1.42 bits per heavy atom. The predicted octanol–water partition coefficient (Wildman–Crippen LogP) is 3.43. The van der Waals surface area contributed by atoms with E-state index in [0.717, 1.165) is 37.0 Å². The molecule has 1 aromatic heterocycles. The highest BCUT2D eigenvalue weighted by Gasteiger charge is 2.48. The summed E-state index contributed by atoms with van der Waals surface area (Å²) in [7, 11) is 0. The second-order valence-corrected chi connectivity index (χ2v) is 7.21. The molecule has 1 unspecified atom stereocenters. The van der Waals surface area contributed by atoms with Gasteiger partial charge in [-0.05, 0) is 37.5 Å². The molecule has 1 atom stereocenters. The Balaban J connectivity index is 0.000000242. The zero-order chi connectivity index (χ0) is 19.1. The van der Waals surface area contributed by atoms with Gasteiger partial charge in [0.2, 0.25) is 0 Å². The summed E-state index contributed by atoms with van der Waals surface area (Å²) < 4.78 is 37.5. The summed E-state index contributed by atoms with van der Waals surface area (Å²) in [6.07, 6.45) is -1.57. The molecule has 1 aliphatic carbocycles. The molecule has 2 heterocycles. The lowest BCUT2D eigenvalue weighted by atomic mass is 9.78. The van der Waals surface area contributed by atoms with Crippen LogP contribution < -0.4 is 10.6 Å². The Kier molecular flexibility index (Phi) is 4.78. The molecule has 1 spiro atoms. The van der Waals surface area contributed by atoms with Gasteiger partial charge in [-0.2, -0.15) is 18.2 Å². The number of aliphatic carboxylic acids is 1. The molecule has 2 aliphatic rings. The van der Waals surface area contributed by atoms with Crippen molar-refractivity contribution >= 4 is 34.7 Å². The van der Waals surface area contributed by atoms with Crippen molar-refractivity contribution in [3.63, 3.8) is 0 Å². The number of anilines is 1. The molecule has 0 amide bonds. The molecule has 1 saturated carbocycles. The largest absolute Gasteiger partial charge is 0.490 e. The second-order valence-electron chi connectivity index (χ2n) is 6.77. The van der Waals surface area contributed by atoms with Crippen molar-refractivity contribution in [3.05, 3.63) is 23.2 Å². The van der Waals surface area contributed by atoms with E-state index in [1.165, 1.54) is 6.42 Å². The van der Waals surface area contributed by atoms with E-state index in [-0.39, 0.29) is 0 Å². The molecule has 10 heteroatoms. The smallest absolute Gasteiger partial charge is 0.475 e. The molecular formula is C16H17ClF3N3O3. The number of nitrogens with two attached hydrogens (primary N) is 1. The van der Waals surface area contributed by atoms with Crippen LogP contribution >= 0.6 is 11.6 Å². The van der Waals surface area contributed by atoms with Crippen molar-refractivity contribution < 1.29 is 27.5 Å². The van der Waals surface area contributed by atoms with Crippen molar-refractivity contribution in [1.29, 1.82) is 0 Å². The van der Waals surface area contributed by atoms with Gasteiger partial charge in [0.15, 0.2) is 5.58 Å². The molecule has 26 heavy (non-hydrogen) atoms. The number of benzene rings is 1. The van der Waals surface area contributed by atoms with Crippen molar-refractivity contribution in [2.24, 2.45) is 11.1 Å². The standard InChI is InChI=1S/C14H16ClN3O.C2HF3O2/c15-9-1-2-12-11(5-9)17-13(19-12)18-7-14(8-18)4-3-10(16)6-14;3-2(4,5)1(6)7/h1-2,5,10H,3-4,6-8,16H2;(H,6,7). The summed E-state index contributed by atoms with van der Waals surface area (Å²) in [5.41, 5.74) is 8.04. The SMILES string of the molecule is NC1CCC2(C1)CN(c1nc3cc(Cl)ccc3o1)C2.O=C(O)C(F)(F)F. The van der Waals surface area contributed by atoms with Gasteiger partial charge in [0.1, 0.15) is 5.52 Å². The molecule has 6 nitrogen and oxygen atoms in total. The fraction of sp³-hybridized carbons (Fsp3) is 0.500. The lowest BCUT2D eigenvalue weighted by Gasteiger charge is -2.47. The Labute approximate surface area is 151 Å². The van der Waals surface area contributed by atoms with E-state index in [9.17, 15) is 13.2 Å². The lowest BCUT2D eigenvalue weighted by molar-refractivity contribution is -0.192. The molecule has 1 aliphatic heterocycles. The number of alkyl halides is 3. The predicted molar refractivity (Wildman–Crippen MR) is 89.2 cm³/mol. The minimum absolute atomic E-state index is 0.379. The third kappa shape index (κ3) is 3.88. The monoisotopic (exact) mass is 391 g/mol. The van der Waals surface area contributed by atoms with Gasteiger partial charge in [-0.3, -0.25) is 0 Å². The number of rotatable bonds is 1. The van der Waals surface area contributed by atoms with Crippen molar-refractivity contribution in [1.82, 2.24) is 4.98 Å². The van der Waals surface area contributed by atoms with Crippen LogP contribution in [0.5, 0.6) is 0 Å². The Morgan fingerprint density at radius 2 is 2.08 bits per heavy atom. The molecule has 4 rings (SSSR count). The maximum absolute atomic E-state index is 10.6. The number of carboxylic acid groups (broad SMARTS) is 1. The zero-order valence-electron chi connectivity index (χ0n) is 13.6. The second kappa shape index (κ2) is 6.62. The van der Waals surface area contributed by atoms with E-state index in [1.807, 2.05) is 18.2 Å². The molecular weight excluding hydrogens is 375 g/mol. The highest BCUT2D eigenvalue weighted by molar-refractivity contribution is 6.31. The Morgan fingerprint density at radius 3 is 2.62 bits per heavy atom. The van der Waals surface area contributed by atoms with Crippen LogP contribution in [0.2, 0.25) is 5.02 Å². The number of hydrogen-bond donors (Lipinski definition) is 2. The van der Waals surface area contributed by atoms with Gasteiger partial charge in [-0.15, -0.1) is 0 Å². The van der Waals surface area contributed by atoms with Crippen LogP contribution in [0.25, 0.3) is 11.1 Å².